The zero-order chi connectivity index (χ0) is 15.4. The Morgan fingerprint density at radius 2 is 1.86 bits per heavy atom. The fourth-order valence-electron chi connectivity index (χ4n) is 1.84. The van der Waals surface area contributed by atoms with Crippen molar-refractivity contribution in [3.63, 3.8) is 0 Å². The standard InChI is InChI=1S/C16H17F2NO2/c1-10(19)11-4-6-16(15(18)7-11)21-9-12-3-5-13(20-2)8-14(12)17/h3-8,10H,9,19H2,1-2H3/t10-/m1/s1. The first-order valence-electron chi connectivity index (χ1n) is 6.51. The molecule has 0 amide bonds. The normalized spacial score (nSPS) is 12.0. The van der Waals surface area contributed by atoms with Crippen molar-refractivity contribution >= 4 is 0 Å². The van der Waals surface area contributed by atoms with Crippen LogP contribution < -0.4 is 15.2 Å². The predicted octanol–water partition coefficient (Wildman–Crippen LogP) is 3.57. The summed E-state index contributed by atoms with van der Waals surface area (Å²) in [6.07, 6.45) is 0. The number of nitrogens with two attached hydrogens (primary N) is 1. The fraction of sp³-hybridized carbons (Fsp3) is 0.250. The SMILES string of the molecule is COc1ccc(COc2ccc([C@@H](C)N)cc2F)c(F)c1. The quantitative estimate of drug-likeness (QED) is 0.916. The molecule has 5 heteroatoms. The largest absolute Gasteiger partial charge is 0.497 e. The average molecular weight is 293 g/mol. The minimum absolute atomic E-state index is 0.0645. The van der Waals surface area contributed by atoms with Gasteiger partial charge in [0.05, 0.1) is 7.11 Å². The molecule has 2 aromatic carbocycles. The minimum atomic E-state index is -0.515. The fourth-order valence-corrected chi connectivity index (χ4v) is 1.84. The topological polar surface area (TPSA) is 44.5 Å². The van der Waals surface area contributed by atoms with Gasteiger partial charge in [-0.1, -0.05) is 6.07 Å². The van der Waals surface area contributed by atoms with E-state index in [1.165, 1.54) is 25.3 Å². The predicted molar refractivity (Wildman–Crippen MR) is 76.3 cm³/mol. The highest BCUT2D eigenvalue weighted by Crippen LogP contribution is 2.23. The molecule has 0 radical (unpaired) electrons. The second-order valence-electron chi connectivity index (χ2n) is 4.72. The zero-order valence-corrected chi connectivity index (χ0v) is 11.9. The molecule has 1 atom stereocenters. The van der Waals surface area contributed by atoms with Crippen LogP contribution in [0.4, 0.5) is 8.78 Å². The molecule has 2 aromatic rings. The Kier molecular flexibility index (Phi) is 4.75. The molecular weight excluding hydrogens is 276 g/mol. The monoisotopic (exact) mass is 293 g/mol. The van der Waals surface area contributed by atoms with E-state index in [4.69, 9.17) is 15.2 Å². The summed E-state index contributed by atoms with van der Waals surface area (Å²) in [6.45, 7) is 1.70. The molecule has 0 bridgehead atoms. The van der Waals surface area contributed by atoms with Gasteiger partial charge in [-0.15, -0.1) is 0 Å². The average Bonchev–Trinajstić information content (AvgIpc) is 2.46. The van der Waals surface area contributed by atoms with Gasteiger partial charge in [0.15, 0.2) is 11.6 Å². The molecule has 21 heavy (non-hydrogen) atoms. The molecule has 0 unspecified atom stereocenters. The van der Waals surface area contributed by atoms with Crippen LogP contribution in [0.2, 0.25) is 0 Å². The highest BCUT2D eigenvalue weighted by atomic mass is 19.1. The van der Waals surface area contributed by atoms with Crippen molar-refractivity contribution < 1.29 is 18.3 Å². The molecular formula is C16H17F2NO2. The molecule has 0 fully saturated rings. The van der Waals surface area contributed by atoms with Gasteiger partial charge in [0, 0.05) is 17.7 Å². The molecule has 2 N–H and O–H groups in total. The molecule has 0 heterocycles. The lowest BCUT2D eigenvalue weighted by Crippen LogP contribution is -2.06. The van der Waals surface area contributed by atoms with Crippen molar-refractivity contribution in [3.05, 3.63) is 59.2 Å². The van der Waals surface area contributed by atoms with Gasteiger partial charge in [0.25, 0.3) is 0 Å². The highest BCUT2D eigenvalue weighted by Gasteiger charge is 2.09. The van der Waals surface area contributed by atoms with E-state index in [-0.39, 0.29) is 18.4 Å². The van der Waals surface area contributed by atoms with Crippen LogP contribution in [0.1, 0.15) is 24.1 Å². The molecule has 0 aromatic heterocycles. The van der Waals surface area contributed by atoms with Gasteiger partial charge in [-0.3, -0.25) is 0 Å². The first kappa shape index (κ1) is 15.3. The van der Waals surface area contributed by atoms with Crippen LogP contribution in [0.25, 0.3) is 0 Å². The highest BCUT2D eigenvalue weighted by molar-refractivity contribution is 5.32. The minimum Gasteiger partial charge on any atom is -0.497 e. The van der Waals surface area contributed by atoms with Crippen molar-refractivity contribution in [3.8, 4) is 11.5 Å². The Hall–Kier alpha value is -2.14. The first-order chi connectivity index (χ1) is 10.0. The number of hydrogen-bond donors (Lipinski definition) is 1. The van der Waals surface area contributed by atoms with Gasteiger partial charge >= 0.3 is 0 Å². The van der Waals surface area contributed by atoms with Crippen LogP contribution >= 0.6 is 0 Å². The molecule has 2 rings (SSSR count). The van der Waals surface area contributed by atoms with Gasteiger partial charge in [-0.2, -0.15) is 0 Å². The lowest BCUT2D eigenvalue weighted by molar-refractivity contribution is 0.284. The van der Waals surface area contributed by atoms with Gasteiger partial charge in [0.2, 0.25) is 0 Å². The molecule has 3 nitrogen and oxygen atoms in total. The number of rotatable bonds is 5. The summed E-state index contributed by atoms with van der Waals surface area (Å²) in [6, 6.07) is 8.67. The van der Waals surface area contributed by atoms with Crippen molar-refractivity contribution in [1.29, 1.82) is 0 Å². The lowest BCUT2D eigenvalue weighted by Gasteiger charge is -2.11. The van der Waals surface area contributed by atoms with E-state index in [1.807, 2.05) is 0 Å². The van der Waals surface area contributed by atoms with E-state index < -0.39 is 11.6 Å². The van der Waals surface area contributed by atoms with Crippen LogP contribution in [0, 0.1) is 11.6 Å². The Balaban J connectivity index is 2.09. The molecule has 0 saturated carbocycles. The zero-order valence-electron chi connectivity index (χ0n) is 11.9. The summed E-state index contributed by atoms with van der Waals surface area (Å²) in [5, 5.41) is 0. The summed E-state index contributed by atoms with van der Waals surface area (Å²) >= 11 is 0. The van der Waals surface area contributed by atoms with Crippen LogP contribution in [0.5, 0.6) is 11.5 Å². The Bertz CT molecular complexity index is 630. The van der Waals surface area contributed by atoms with Crippen LogP contribution in [0.15, 0.2) is 36.4 Å². The second-order valence-corrected chi connectivity index (χ2v) is 4.72. The van der Waals surface area contributed by atoms with E-state index in [2.05, 4.69) is 0 Å². The molecule has 0 aliphatic rings. The third-order valence-corrected chi connectivity index (χ3v) is 3.13. The maximum Gasteiger partial charge on any atom is 0.165 e. The smallest absolute Gasteiger partial charge is 0.165 e. The summed E-state index contributed by atoms with van der Waals surface area (Å²) in [5.41, 5.74) is 6.68. The van der Waals surface area contributed by atoms with Gasteiger partial charge in [-0.25, -0.2) is 8.78 Å². The second kappa shape index (κ2) is 6.54. The van der Waals surface area contributed by atoms with Crippen molar-refractivity contribution in [2.24, 2.45) is 5.73 Å². The Morgan fingerprint density at radius 1 is 1.10 bits per heavy atom. The number of benzene rings is 2. The maximum absolute atomic E-state index is 13.8. The van der Waals surface area contributed by atoms with Crippen molar-refractivity contribution in [2.75, 3.05) is 7.11 Å². The van der Waals surface area contributed by atoms with Crippen LogP contribution in [-0.4, -0.2) is 7.11 Å². The summed E-state index contributed by atoms with van der Waals surface area (Å²) < 4.78 is 37.8. The van der Waals surface area contributed by atoms with E-state index in [9.17, 15) is 8.78 Å². The lowest BCUT2D eigenvalue weighted by atomic mass is 10.1. The van der Waals surface area contributed by atoms with E-state index in [0.29, 0.717) is 16.9 Å². The molecule has 0 spiro atoms. The Morgan fingerprint density at radius 3 is 2.43 bits per heavy atom. The molecule has 0 saturated heterocycles. The molecule has 112 valence electrons. The number of halogens is 2. The molecule has 0 aliphatic carbocycles. The summed E-state index contributed by atoms with van der Waals surface area (Å²) in [7, 11) is 1.46. The van der Waals surface area contributed by atoms with Gasteiger partial charge in [-0.05, 0) is 36.8 Å². The van der Waals surface area contributed by atoms with Crippen LogP contribution in [0.3, 0.4) is 0 Å². The van der Waals surface area contributed by atoms with Crippen molar-refractivity contribution in [2.45, 2.75) is 19.6 Å². The number of hydrogen-bond acceptors (Lipinski definition) is 3. The molecule has 0 aliphatic heterocycles. The maximum atomic E-state index is 13.8. The summed E-state index contributed by atoms with van der Waals surface area (Å²) in [5.74, 6) is -0.487. The van der Waals surface area contributed by atoms with E-state index in [0.717, 1.165) is 0 Å². The van der Waals surface area contributed by atoms with Crippen molar-refractivity contribution in [1.82, 2.24) is 0 Å². The van der Waals surface area contributed by atoms with Crippen LogP contribution in [-0.2, 0) is 6.61 Å². The first-order valence-corrected chi connectivity index (χ1v) is 6.51. The van der Waals surface area contributed by atoms with Gasteiger partial charge < -0.3 is 15.2 Å². The van der Waals surface area contributed by atoms with E-state index >= 15 is 0 Å². The summed E-state index contributed by atoms with van der Waals surface area (Å²) in [4.78, 5) is 0. The van der Waals surface area contributed by atoms with E-state index in [1.54, 1.807) is 25.1 Å². The van der Waals surface area contributed by atoms with Gasteiger partial charge in [0.1, 0.15) is 18.2 Å². The third kappa shape index (κ3) is 3.70. The third-order valence-electron chi connectivity index (χ3n) is 3.13. The number of ether oxygens (including phenoxy) is 2. The Labute approximate surface area is 122 Å². The number of methoxy groups -OCH3 is 1.